The largest absolute Gasteiger partial charge is 0.449 e. The van der Waals surface area contributed by atoms with Crippen LogP contribution in [-0.4, -0.2) is 23.8 Å². The minimum absolute atomic E-state index is 0.0480. The number of hydrogen-bond donors (Lipinski definition) is 1. The van der Waals surface area contributed by atoms with Gasteiger partial charge in [-0.2, -0.15) is 0 Å². The summed E-state index contributed by atoms with van der Waals surface area (Å²) in [5.74, 6) is -1.46. The van der Waals surface area contributed by atoms with Crippen molar-refractivity contribution in [2.45, 2.75) is 20.0 Å². The Hall–Kier alpha value is -3.74. The van der Waals surface area contributed by atoms with E-state index in [-0.39, 0.29) is 11.5 Å². The van der Waals surface area contributed by atoms with E-state index in [2.05, 4.69) is 5.32 Å². The minimum atomic E-state index is -1.09. The topological polar surface area (TPSA) is 85.6 Å². The van der Waals surface area contributed by atoms with Crippen LogP contribution in [0.1, 0.15) is 34.8 Å². The molecule has 0 radical (unpaired) electrons. The van der Waals surface area contributed by atoms with Gasteiger partial charge in [0.1, 0.15) is 11.6 Å². The number of amides is 1. The Balaban J connectivity index is 1.62. The molecule has 2 aromatic carbocycles. The van der Waals surface area contributed by atoms with E-state index in [4.69, 9.17) is 9.15 Å². The second-order valence-electron chi connectivity index (χ2n) is 6.34. The molecule has 1 amide bonds. The van der Waals surface area contributed by atoms with E-state index in [1.54, 1.807) is 30.3 Å². The van der Waals surface area contributed by atoms with Gasteiger partial charge in [-0.1, -0.05) is 24.3 Å². The number of carbonyl (C=O) groups excluding carboxylic acids is 3. The fourth-order valence-corrected chi connectivity index (χ4v) is 2.52. The molecule has 0 aliphatic heterocycles. The van der Waals surface area contributed by atoms with E-state index in [9.17, 15) is 18.8 Å². The number of furan rings is 1. The highest BCUT2D eigenvalue weighted by atomic mass is 19.1. The monoisotopic (exact) mass is 395 g/mol. The number of anilines is 1. The van der Waals surface area contributed by atoms with Crippen LogP contribution in [-0.2, 0) is 9.53 Å². The summed E-state index contributed by atoms with van der Waals surface area (Å²) in [7, 11) is 0. The first-order chi connectivity index (χ1) is 13.8. The maximum absolute atomic E-state index is 12.9. The molecule has 1 atom stereocenters. The smallest absolute Gasteiger partial charge is 0.375 e. The quantitative estimate of drug-likeness (QED) is 0.492. The zero-order chi connectivity index (χ0) is 21.0. The molecule has 0 spiro atoms. The maximum Gasteiger partial charge on any atom is 0.375 e. The van der Waals surface area contributed by atoms with Crippen molar-refractivity contribution in [1.29, 1.82) is 0 Å². The van der Waals surface area contributed by atoms with E-state index in [0.717, 1.165) is 0 Å². The number of ketones is 1. The number of esters is 1. The Bertz CT molecular complexity index is 1040. The Morgan fingerprint density at radius 1 is 0.966 bits per heavy atom. The lowest BCUT2D eigenvalue weighted by Gasteiger charge is -2.12. The third kappa shape index (κ3) is 4.95. The van der Waals surface area contributed by atoms with Gasteiger partial charge >= 0.3 is 5.97 Å². The van der Waals surface area contributed by atoms with Crippen molar-refractivity contribution < 1.29 is 27.9 Å². The fraction of sp³-hybridized carbons (Fsp3) is 0.136. The summed E-state index contributed by atoms with van der Waals surface area (Å²) in [6.07, 6.45) is -1.09. The zero-order valence-corrected chi connectivity index (χ0v) is 15.8. The van der Waals surface area contributed by atoms with Gasteiger partial charge in [-0.05, 0) is 50.2 Å². The van der Waals surface area contributed by atoms with Crippen LogP contribution < -0.4 is 5.32 Å². The van der Waals surface area contributed by atoms with E-state index in [1.165, 1.54) is 44.2 Å². The van der Waals surface area contributed by atoms with Crippen LogP contribution in [0.25, 0.3) is 11.3 Å². The highest BCUT2D eigenvalue weighted by Crippen LogP contribution is 2.23. The predicted molar refractivity (Wildman–Crippen MR) is 104 cm³/mol. The van der Waals surface area contributed by atoms with Crippen molar-refractivity contribution in [2.75, 3.05) is 5.32 Å². The lowest BCUT2D eigenvalue weighted by atomic mass is 10.1. The second kappa shape index (κ2) is 8.52. The molecule has 0 fully saturated rings. The molecule has 29 heavy (non-hydrogen) atoms. The highest BCUT2D eigenvalue weighted by Gasteiger charge is 2.21. The van der Waals surface area contributed by atoms with E-state index in [1.807, 2.05) is 0 Å². The summed E-state index contributed by atoms with van der Waals surface area (Å²) >= 11 is 0. The standard InChI is InChI=1S/C22H18FNO5/c1-13(25)15-3-5-16(6-4-15)19-11-12-20(29-19)22(27)28-14(2)21(26)24-18-9-7-17(23)8-10-18/h3-12,14H,1-2H3,(H,24,26)/t14-/m1/s1. The van der Waals surface area contributed by atoms with Crippen LogP contribution in [0.3, 0.4) is 0 Å². The van der Waals surface area contributed by atoms with Gasteiger partial charge < -0.3 is 14.5 Å². The van der Waals surface area contributed by atoms with Crippen LogP contribution in [0.4, 0.5) is 10.1 Å². The van der Waals surface area contributed by atoms with Crippen molar-refractivity contribution in [3.63, 3.8) is 0 Å². The maximum atomic E-state index is 12.9. The Labute approximate surface area is 166 Å². The van der Waals surface area contributed by atoms with Crippen molar-refractivity contribution in [3.05, 3.63) is 77.8 Å². The first kappa shape index (κ1) is 20.0. The number of halogens is 1. The SMILES string of the molecule is CC(=O)c1ccc(-c2ccc(C(=O)O[C@H](C)C(=O)Nc3ccc(F)cc3)o2)cc1. The molecule has 1 N–H and O–H groups in total. The van der Waals surface area contributed by atoms with Crippen molar-refractivity contribution in [2.24, 2.45) is 0 Å². The van der Waals surface area contributed by atoms with E-state index in [0.29, 0.717) is 22.6 Å². The normalized spacial score (nSPS) is 11.6. The van der Waals surface area contributed by atoms with Crippen LogP contribution in [0.15, 0.2) is 65.1 Å². The van der Waals surface area contributed by atoms with E-state index >= 15 is 0 Å². The predicted octanol–water partition coefficient (Wildman–Crippen LogP) is 4.47. The van der Waals surface area contributed by atoms with Crippen LogP contribution >= 0.6 is 0 Å². The molecule has 3 aromatic rings. The number of ether oxygens (including phenoxy) is 1. The number of rotatable bonds is 6. The second-order valence-corrected chi connectivity index (χ2v) is 6.34. The highest BCUT2D eigenvalue weighted by molar-refractivity contribution is 5.97. The molecule has 1 aromatic heterocycles. The first-order valence-electron chi connectivity index (χ1n) is 8.82. The number of Topliss-reactive ketones (excluding diaryl/α,β-unsaturated/α-hetero) is 1. The first-order valence-corrected chi connectivity index (χ1v) is 8.82. The van der Waals surface area contributed by atoms with E-state index < -0.39 is 23.8 Å². The van der Waals surface area contributed by atoms with Gasteiger partial charge in [-0.25, -0.2) is 9.18 Å². The summed E-state index contributed by atoms with van der Waals surface area (Å²) in [5.41, 5.74) is 1.64. The summed E-state index contributed by atoms with van der Waals surface area (Å²) < 4.78 is 23.6. The zero-order valence-electron chi connectivity index (χ0n) is 15.8. The van der Waals surface area contributed by atoms with Gasteiger partial charge in [0, 0.05) is 16.8 Å². The molecular weight excluding hydrogens is 377 g/mol. The molecule has 148 valence electrons. The molecule has 0 bridgehead atoms. The van der Waals surface area contributed by atoms with Crippen molar-refractivity contribution in [3.8, 4) is 11.3 Å². The molecule has 0 aliphatic rings. The summed E-state index contributed by atoms with van der Waals surface area (Å²) in [5, 5.41) is 2.53. The van der Waals surface area contributed by atoms with Gasteiger partial charge in [0.05, 0.1) is 0 Å². The molecule has 0 saturated heterocycles. The number of hydrogen-bond acceptors (Lipinski definition) is 5. The summed E-state index contributed by atoms with van der Waals surface area (Å²) in [6, 6.07) is 15.0. The average Bonchev–Trinajstić information content (AvgIpc) is 3.20. The number of carbonyl (C=O) groups is 3. The van der Waals surface area contributed by atoms with Crippen LogP contribution in [0.2, 0.25) is 0 Å². The van der Waals surface area contributed by atoms with Gasteiger partial charge in [0.25, 0.3) is 5.91 Å². The third-order valence-corrected chi connectivity index (χ3v) is 4.15. The molecule has 6 nitrogen and oxygen atoms in total. The lowest BCUT2D eigenvalue weighted by Crippen LogP contribution is -2.29. The third-order valence-electron chi connectivity index (χ3n) is 4.15. The van der Waals surface area contributed by atoms with Crippen LogP contribution in [0.5, 0.6) is 0 Å². The molecule has 0 saturated carbocycles. The van der Waals surface area contributed by atoms with Crippen molar-refractivity contribution in [1.82, 2.24) is 0 Å². The molecule has 3 rings (SSSR count). The molecule has 1 heterocycles. The number of benzene rings is 2. The van der Waals surface area contributed by atoms with Gasteiger partial charge in [-0.3, -0.25) is 9.59 Å². The molecular formula is C22H18FNO5. The Kier molecular flexibility index (Phi) is 5.87. The Morgan fingerprint density at radius 2 is 1.62 bits per heavy atom. The molecule has 7 heteroatoms. The lowest BCUT2D eigenvalue weighted by molar-refractivity contribution is -0.123. The molecule has 0 unspecified atom stereocenters. The average molecular weight is 395 g/mol. The fourth-order valence-electron chi connectivity index (χ4n) is 2.52. The molecule has 0 aliphatic carbocycles. The van der Waals surface area contributed by atoms with Crippen LogP contribution in [0, 0.1) is 5.82 Å². The van der Waals surface area contributed by atoms with Gasteiger partial charge in [-0.15, -0.1) is 0 Å². The summed E-state index contributed by atoms with van der Waals surface area (Å²) in [4.78, 5) is 35.7. The van der Waals surface area contributed by atoms with Crippen molar-refractivity contribution >= 4 is 23.3 Å². The van der Waals surface area contributed by atoms with Gasteiger partial charge in [0.15, 0.2) is 11.9 Å². The minimum Gasteiger partial charge on any atom is -0.449 e. The number of nitrogens with one attached hydrogen (secondary N) is 1. The Morgan fingerprint density at radius 3 is 2.24 bits per heavy atom. The van der Waals surface area contributed by atoms with Gasteiger partial charge in [0.2, 0.25) is 5.76 Å². The summed E-state index contributed by atoms with van der Waals surface area (Å²) in [6.45, 7) is 2.89.